The van der Waals surface area contributed by atoms with Crippen LogP contribution in [0.5, 0.6) is 11.5 Å². The average Bonchev–Trinajstić information content (AvgIpc) is 3.04. The summed E-state index contributed by atoms with van der Waals surface area (Å²) in [6.07, 6.45) is 0. The molecule has 0 saturated heterocycles. The summed E-state index contributed by atoms with van der Waals surface area (Å²) < 4.78 is 37.2. The second-order valence-corrected chi connectivity index (χ2v) is 7.83. The van der Waals surface area contributed by atoms with Crippen molar-refractivity contribution in [3.05, 3.63) is 41.3 Å². The van der Waals surface area contributed by atoms with E-state index < -0.39 is 10.0 Å². The molecule has 0 amide bonds. The first-order valence-corrected chi connectivity index (χ1v) is 9.10. The summed E-state index contributed by atoms with van der Waals surface area (Å²) in [5.74, 6) is 1.25. The van der Waals surface area contributed by atoms with Crippen LogP contribution >= 0.6 is 11.3 Å². The molecule has 0 unspecified atom stereocenters. The van der Waals surface area contributed by atoms with Crippen molar-refractivity contribution in [2.24, 2.45) is 0 Å². The normalized spacial score (nSPS) is 11.6. The minimum Gasteiger partial charge on any atom is -0.493 e. The lowest BCUT2D eigenvalue weighted by Gasteiger charge is -2.17. The number of thiophene rings is 1. The van der Waals surface area contributed by atoms with Crippen molar-refractivity contribution in [2.75, 3.05) is 20.8 Å². The van der Waals surface area contributed by atoms with Crippen molar-refractivity contribution < 1.29 is 17.9 Å². The second-order valence-electron chi connectivity index (χ2n) is 4.61. The van der Waals surface area contributed by atoms with Gasteiger partial charge >= 0.3 is 0 Å². The van der Waals surface area contributed by atoms with Crippen LogP contribution in [0.2, 0.25) is 0 Å². The third-order valence-electron chi connectivity index (χ3n) is 3.09. The summed E-state index contributed by atoms with van der Waals surface area (Å²) in [5, 5.41) is 1.75. The van der Waals surface area contributed by atoms with Gasteiger partial charge in [-0.15, -0.1) is 11.3 Å². The number of hydrogen-bond donors (Lipinski definition) is 0. The smallest absolute Gasteiger partial charge is 0.252 e. The van der Waals surface area contributed by atoms with Crippen LogP contribution in [-0.2, 0) is 16.6 Å². The van der Waals surface area contributed by atoms with E-state index in [9.17, 15) is 8.42 Å². The molecule has 120 valence electrons. The third kappa shape index (κ3) is 3.60. The lowest BCUT2D eigenvalue weighted by molar-refractivity contribution is 0.310. The largest absolute Gasteiger partial charge is 0.493 e. The molecule has 1 heterocycles. The first-order valence-electron chi connectivity index (χ1n) is 6.78. The van der Waals surface area contributed by atoms with Crippen LogP contribution in [0.4, 0.5) is 0 Å². The van der Waals surface area contributed by atoms with Crippen LogP contribution in [0.25, 0.3) is 0 Å². The van der Waals surface area contributed by atoms with Gasteiger partial charge in [0.1, 0.15) is 4.21 Å². The first kappa shape index (κ1) is 16.8. The summed E-state index contributed by atoms with van der Waals surface area (Å²) in [6, 6.07) is 8.77. The van der Waals surface area contributed by atoms with E-state index in [0.717, 1.165) is 5.56 Å². The molecule has 0 radical (unpaired) electrons. The van der Waals surface area contributed by atoms with Gasteiger partial charge in [-0.25, -0.2) is 8.42 Å². The van der Waals surface area contributed by atoms with E-state index in [1.165, 1.54) is 15.6 Å². The van der Waals surface area contributed by atoms with Gasteiger partial charge in [-0.3, -0.25) is 0 Å². The fraction of sp³-hybridized carbons (Fsp3) is 0.333. The Bertz CT molecular complexity index is 711. The average molecular weight is 341 g/mol. The highest BCUT2D eigenvalue weighted by Gasteiger charge is 2.22. The van der Waals surface area contributed by atoms with E-state index in [1.807, 2.05) is 13.0 Å². The van der Waals surface area contributed by atoms with E-state index in [1.54, 1.807) is 43.8 Å². The van der Waals surface area contributed by atoms with Crippen molar-refractivity contribution in [2.45, 2.75) is 17.7 Å². The predicted octanol–water partition coefficient (Wildman–Crippen LogP) is 2.98. The molecular weight excluding hydrogens is 322 g/mol. The monoisotopic (exact) mass is 341 g/mol. The predicted molar refractivity (Wildman–Crippen MR) is 87.1 cm³/mol. The number of ether oxygens (including phenoxy) is 2. The molecule has 0 bridgehead atoms. The summed E-state index contributed by atoms with van der Waals surface area (Å²) in [6.45, 7) is 2.71. The summed E-state index contributed by atoms with van der Waals surface area (Å²) in [5.41, 5.74) is 0.836. The molecule has 2 rings (SSSR count). The number of hydrogen-bond acceptors (Lipinski definition) is 5. The molecule has 0 atom stereocenters. The summed E-state index contributed by atoms with van der Waals surface area (Å²) in [4.78, 5) is 0. The number of methoxy groups -OCH3 is 1. The molecule has 0 fully saturated rings. The molecule has 1 aromatic heterocycles. The number of rotatable bonds is 7. The van der Waals surface area contributed by atoms with E-state index in [4.69, 9.17) is 9.47 Å². The van der Waals surface area contributed by atoms with Crippen molar-refractivity contribution >= 4 is 21.4 Å². The maximum Gasteiger partial charge on any atom is 0.252 e. The molecule has 0 saturated carbocycles. The fourth-order valence-electron chi connectivity index (χ4n) is 1.99. The van der Waals surface area contributed by atoms with Crippen molar-refractivity contribution in [3.63, 3.8) is 0 Å². The van der Waals surface area contributed by atoms with Crippen molar-refractivity contribution in [3.8, 4) is 11.5 Å². The third-order valence-corrected chi connectivity index (χ3v) is 6.27. The quantitative estimate of drug-likeness (QED) is 0.777. The lowest BCUT2D eigenvalue weighted by Crippen LogP contribution is -2.25. The molecule has 2 aromatic rings. The summed E-state index contributed by atoms with van der Waals surface area (Å²) >= 11 is 1.21. The minimum atomic E-state index is -3.45. The highest BCUT2D eigenvalue weighted by molar-refractivity contribution is 7.91. The second kappa shape index (κ2) is 7.13. The van der Waals surface area contributed by atoms with Gasteiger partial charge in [0.25, 0.3) is 10.0 Å². The molecule has 0 spiro atoms. The maximum atomic E-state index is 12.4. The van der Waals surface area contributed by atoms with Crippen molar-refractivity contribution in [1.29, 1.82) is 0 Å². The number of sulfonamides is 1. The van der Waals surface area contributed by atoms with Gasteiger partial charge in [-0.05, 0) is 36.1 Å². The Morgan fingerprint density at radius 1 is 1.23 bits per heavy atom. The molecule has 0 aliphatic carbocycles. The molecule has 0 N–H and O–H groups in total. The van der Waals surface area contributed by atoms with Gasteiger partial charge in [0.05, 0.1) is 13.7 Å². The Hall–Kier alpha value is -1.57. The highest BCUT2D eigenvalue weighted by atomic mass is 32.2. The number of nitrogens with zero attached hydrogens (tertiary/aromatic N) is 1. The molecule has 22 heavy (non-hydrogen) atoms. The molecule has 0 aliphatic rings. The van der Waals surface area contributed by atoms with Gasteiger partial charge in [-0.2, -0.15) is 4.31 Å². The standard InChI is InChI=1S/C15H19NO4S2/c1-4-20-13-8-7-12(10-14(13)19-3)11-16(2)22(17,18)15-6-5-9-21-15/h5-10H,4,11H2,1-3H3. The fourth-order valence-corrected chi connectivity index (χ4v) is 4.35. The maximum absolute atomic E-state index is 12.4. The zero-order chi connectivity index (χ0) is 16.2. The van der Waals surface area contributed by atoms with Crippen molar-refractivity contribution in [1.82, 2.24) is 4.31 Å². The Kier molecular flexibility index (Phi) is 5.44. The van der Waals surface area contributed by atoms with Gasteiger partial charge < -0.3 is 9.47 Å². The van der Waals surface area contributed by atoms with Crippen LogP contribution in [0.1, 0.15) is 12.5 Å². The van der Waals surface area contributed by atoms with Gasteiger partial charge in [-0.1, -0.05) is 12.1 Å². The van der Waals surface area contributed by atoms with Gasteiger partial charge in [0.15, 0.2) is 11.5 Å². The van der Waals surface area contributed by atoms with Gasteiger partial charge in [0.2, 0.25) is 0 Å². The zero-order valence-corrected chi connectivity index (χ0v) is 14.4. The van der Waals surface area contributed by atoms with Crippen LogP contribution < -0.4 is 9.47 Å². The molecule has 1 aromatic carbocycles. The Balaban J connectivity index is 2.20. The molecule has 0 aliphatic heterocycles. The summed E-state index contributed by atoms with van der Waals surface area (Å²) in [7, 11) is -0.323. The highest BCUT2D eigenvalue weighted by Crippen LogP contribution is 2.29. The van der Waals surface area contributed by atoms with E-state index in [2.05, 4.69) is 0 Å². The van der Waals surface area contributed by atoms with Crippen LogP contribution in [0.15, 0.2) is 39.9 Å². The topological polar surface area (TPSA) is 55.8 Å². The van der Waals surface area contributed by atoms with Gasteiger partial charge in [0, 0.05) is 13.6 Å². The Morgan fingerprint density at radius 2 is 2.00 bits per heavy atom. The molecular formula is C15H19NO4S2. The van der Waals surface area contributed by atoms with E-state index >= 15 is 0 Å². The SMILES string of the molecule is CCOc1ccc(CN(C)S(=O)(=O)c2cccs2)cc1OC. The number of benzene rings is 1. The lowest BCUT2D eigenvalue weighted by atomic mass is 10.2. The minimum absolute atomic E-state index is 0.267. The van der Waals surface area contributed by atoms with Crippen LogP contribution in [0.3, 0.4) is 0 Å². The zero-order valence-electron chi connectivity index (χ0n) is 12.8. The first-order chi connectivity index (χ1) is 10.5. The van der Waals surface area contributed by atoms with Crippen LogP contribution in [0, 0.1) is 0 Å². The Morgan fingerprint density at radius 3 is 2.59 bits per heavy atom. The Labute approximate surface area is 135 Å². The van der Waals surface area contributed by atoms with E-state index in [-0.39, 0.29) is 6.54 Å². The molecule has 7 heteroatoms. The van der Waals surface area contributed by atoms with Crippen LogP contribution in [-0.4, -0.2) is 33.5 Å². The van der Waals surface area contributed by atoms with E-state index in [0.29, 0.717) is 22.3 Å². The molecule has 5 nitrogen and oxygen atoms in total.